The van der Waals surface area contributed by atoms with Gasteiger partial charge in [-0.05, 0) is 47.7 Å². The summed E-state index contributed by atoms with van der Waals surface area (Å²) in [6.07, 6.45) is 3.90. The minimum Gasteiger partial charge on any atom is -0.493 e. The van der Waals surface area contributed by atoms with E-state index in [0.717, 1.165) is 12.0 Å². The topological polar surface area (TPSA) is 146 Å². The molecule has 2 aromatic heterocycles. The number of nitrogens with one attached hydrogen (secondary N) is 1. The van der Waals surface area contributed by atoms with E-state index in [1.54, 1.807) is 54.6 Å². The number of anilines is 1. The highest BCUT2D eigenvalue weighted by atomic mass is 32.2. The quantitative estimate of drug-likeness (QED) is 0.250. The molecule has 0 unspecified atom stereocenters. The van der Waals surface area contributed by atoms with E-state index in [9.17, 15) is 13.5 Å². The second-order valence-electron chi connectivity index (χ2n) is 9.29. The highest BCUT2D eigenvalue weighted by molar-refractivity contribution is 7.92. The molecule has 2 aromatic carbocycles. The Morgan fingerprint density at radius 1 is 0.925 bits per heavy atom. The normalized spacial score (nSPS) is 11.6. The van der Waals surface area contributed by atoms with Gasteiger partial charge in [-0.2, -0.15) is 4.98 Å². The van der Waals surface area contributed by atoms with Crippen LogP contribution in [-0.2, 0) is 15.4 Å². The molecule has 0 saturated heterocycles. The SMILES string of the molecule is CCC(C)(C)c1ccc(S(=O)(=O)Nc2nc(-c3ncccn3)nc(OCCO)c2Oc2ccccc2OC)cc1. The molecule has 210 valence electrons. The number of aromatic nitrogens is 4. The van der Waals surface area contributed by atoms with E-state index in [1.165, 1.54) is 19.5 Å². The van der Waals surface area contributed by atoms with Gasteiger partial charge in [0.1, 0.15) is 6.61 Å². The van der Waals surface area contributed by atoms with Gasteiger partial charge in [0.2, 0.25) is 11.6 Å². The molecular formula is C28H31N5O6S. The molecule has 0 saturated carbocycles. The number of para-hydroxylation sites is 2. The van der Waals surface area contributed by atoms with Crippen molar-refractivity contribution >= 4 is 15.8 Å². The molecule has 2 heterocycles. The third-order valence-corrected chi connectivity index (χ3v) is 7.63. The standard InChI is InChI=1S/C28H31N5O6S/c1-5-28(2,3)19-11-13-20(14-12-19)40(35,36)33-24-23(39-22-10-7-6-9-21(22)37-4)27(38-18-17-34)32-26(31-24)25-29-15-8-16-30-25/h6-16,34H,5,17-18H2,1-4H3,(H,31,32,33). The minimum absolute atomic E-state index is 0.0151. The van der Waals surface area contributed by atoms with Crippen LogP contribution in [0, 0.1) is 0 Å². The summed E-state index contributed by atoms with van der Waals surface area (Å²) in [5, 5.41) is 9.41. The average Bonchev–Trinajstić information content (AvgIpc) is 2.97. The number of nitrogens with zero attached hydrogens (tertiary/aromatic N) is 4. The number of benzene rings is 2. The highest BCUT2D eigenvalue weighted by Gasteiger charge is 2.26. The summed E-state index contributed by atoms with van der Waals surface area (Å²) < 4.78 is 46.8. The van der Waals surface area contributed by atoms with Crippen molar-refractivity contribution in [2.75, 3.05) is 25.0 Å². The molecule has 0 atom stereocenters. The lowest BCUT2D eigenvalue weighted by molar-refractivity contribution is 0.192. The van der Waals surface area contributed by atoms with Gasteiger partial charge in [0.15, 0.2) is 23.1 Å². The van der Waals surface area contributed by atoms with Gasteiger partial charge in [0.05, 0.1) is 18.6 Å². The zero-order valence-corrected chi connectivity index (χ0v) is 23.5. The Balaban J connectivity index is 1.84. The molecule has 0 spiro atoms. The van der Waals surface area contributed by atoms with Crippen LogP contribution in [0.1, 0.15) is 32.8 Å². The van der Waals surface area contributed by atoms with Gasteiger partial charge in [-0.25, -0.2) is 23.4 Å². The number of ether oxygens (including phenoxy) is 3. The fourth-order valence-corrected chi connectivity index (χ4v) is 4.64. The Morgan fingerprint density at radius 2 is 1.60 bits per heavy atom. The number of sulfonamides is 1. The second-order valence-corrected chi connectivity index (χ2v) is 11.0. The Morgan fingerprint density at radius 3 is 2.23 bits per heavy atom. The van der Waals surface area contributed by atoms with Crippen molar-refractivity contribution in [3.63, 3.8) is 0 Å². The molecule has 4 aromatic rings. The molecule has 4 rings (SSSR count). The first-order valence-corrected chi connectivity index (χ1v) is 14.0. The molecule has 0 aliphatic rings. The van der Waals surface area contributed by atoms with Gasteiger partial charge in [-0.1, -0.05) is 45.0 Å². The number of aliphatic hydroxyl groups is 1. The number of methoxy groups -OCH3 is 1. The number of aliphatic hydroxyl groups excluding tert-OH is 1. The first kappa shape index (κ1) is 28.7. The number of hydrogen-bond acceptors (Lipinski definition) is 10. The lowest BCUT2D eigenvalue weighted by Crippen LogP contribution is -2.18. The van der Waals surface area contributed by atoms with Crippen LogP contribution in [0.5, 0.6) is 23.1 Å². The predicted molar refractivity (Wildman–Crippen MR) is 149 cm³/mol. The zero-order chi connectivity index (χ0) is 28.8. The van der Waals surface area contributed by atoms with Gasteiger partial charge in [-0.3, -0.25) is 4.72 Å². The maximum atomic E-state index is 13.6. The average molecular weight is 566 g/mol. The Labute approximate surface area is 233 Å². The van der Waals surface area contributed by atoms with Crippen LogP contribution < -0.4 is 18.9 Å². The van der Waals surface area contributed by atoms with Gasteiger partial charge >= 0.3 is 0 Å². The molecule has 11 nitrogen and oxygen atoms in total. The summed E-state index contributed by atoms with van der Waals surface area (Å²) in [4.78, 5) is 17.1. The van der Waals surface area contributed by atoms with Crippen molar-refractivity contribution in [2.24, 2.45) is 0 Å². The van der Waals surface area contributed by atoms with Crippen LogP contribution in [0.15, 0.2) is 71.9 Å². The van der Waals surface area contributed by atoms with Gasteiger partial charge in [0.25, 0.3) is 15.9 Å². The second kappa shape index (κ2) is 12.3. The Kier molecular flexibility index (Phi) is 8.80. The van der Waals surface area contributed by atoms with E-state index in [0.29, 0.717) is 5.75 Å². The van der Waals surface area contributed by atoms with E-state index in [2.05, 4.69) is 45.4 Å². The molecule has 2 N–H and O–H groups in total. The fraction of sp³-hybridized carbons (Fsp3) is 0.286. The number of hydrogen-bond donors (Lipinski definition) is 2. The third-order valence-electron chi connectivity index (χ3n) is 6.27. The third kappa shape index (κ3) is 6.46. The van der Waals surface area contributed by atoms with Crippen molar-refractivity contribution < 1.29 is 27.7 Å². The molecule has 0 amide bonds. The van der Waals surface area contributed by atoms with Crippen molar-refractivity contribution in [1.82, 2.24) is 19.9 Å². The maximum Gasteiger partial charge on any atom is 0.263 e. The molecular weight excluding hydrogens is 534 g/mol. The van der Waals surface area contributed by atoms with E-state index in [1.807, 2.05) is 0 Å². The van der Waals surface area contributed by atoms with Crippen molar-refractivity contribution in [2.45, 2.75) is 37.5 Å². The maximum absolute atomic E-state index is 13.6. The van der Waals surface area contributed by atoms with E-state index < -0.39 is 10.0 Å². The first-order valence-electron chi connectivity index (χ1n) is 12.6. The van der Waals surface area contributed by atoms with Crippen LogP contribution in [0.3, 0.4) is 0 Å². The van der Waals surface area contributed by atoms with Crippen LogP contribution in [-0.4, -0.2) is 53.8 Å². The zero-order valence-electron chi connectivity index (χ0n) is 22.7. The Bertz CT molecular complexity index is 1550. The first-order chi connectivity index (χ1) is 19.2. The molecule has 0 bridgehead atoms. The fourth-order valence-electron chi connectivity index (χ4n) is 3.63. The van der Waals surface area contributed by atoms with Crippen LogP contribution in [0.4, 0.5) is 5.82 Å². The van der Waals surface area contributed by atoms with Crippen molar-refractivity contribution in [3.05, 3.63) is 72.6 Å². The molecule has 12 heteroatoms. The van der Waals surface area contributed by atoms with Gasteiger partial charge in [-0.15, -0.1) is 0 Å². The molecule has 40 heavy (non-hydrogen) atoms. The van der Waals surface area contributed by atoms with Gasteiger partial charge in [0, 0.05) is 12.4 Å². The lowest BCUT2D eigenvalue weighted by Gasteiger charge is -2.23. The molecule has 0 aliphatic heterocycles. The van der Waals surface area contributed by atoms with E-state index in [4.69, 9.17) is 14.2 Å². The van der Waals surface area contributed by atoms with Crippen molar-refractivity contribution in [3.8, 4) is 34.8 Å². The van der Waals surface area contributed by atoms with E-state index in [-0.39, 0.29) is 58.4 Å². The summed E-state index contributed by atoms with van der Waals surface area (Å²) in [7, 11) is -2.67. The largest absolute Gasteiger partial charge is 0.493 e. The van der Waals surface area contributed by atoms with Crippen LogP contribution in [0.25, 0.3) is 11.6 Å². The van der Waals surface area contributed by atoms with Crippen LogP contribution >= 0.6 is 0 Å². The summed E-state index contributed by atoms with van der Waals surface area (Å²) in [6.45, 7) is 5.80. The molecule has 0 aliphatic carbocycles. The van der Waals surface area contributed by atoms with E-state index >= 15 is 0 Å². The van der Waals surface area contributed by atoms with Crippen LogP contribution in [0.2, 0.25) is 0 Å². The minimum atomic E-state index is -4.15. The smallest absolute Gasteiger partial charge is 0.263 e. The number of rotatable bonds is 12. The van der Waals surface area contributed by atoms with Crippen molar-refractivity contribution in [1.29, 1.82) is 0 Å². The summed E-state index contributed by atoms with van der Waals surface area (Å²) in [6, 6.07) is 15.1. The summed E-state index contributed by atoms with van der Waals surface area (Å²) >= 11 is 0. The molecule has 0 radical (unpaired) electrons. The predicted octanol–water partition coefficient (Wildman–Crippen LogP) is 4.59. The molecule has 0 fully saturated rings. The highest BCUT2D eigenvalue weighted by Crippen LogP contribution is 2.41. The summed E-state index contributed by atoms with van der Waals surface area (Å²) in [5.74, 6) is 0.284. The summed E-state index contributed by atoms with van der Waals surface area (Å²) in [5.41, 5.74) is 0.904. The lowest BCUT2D eigenvalue weighted by atomic mass is 9.82. The monoisotopic (exact) mass is 565 g/mol. The Hall–Kier alpha value is -4.29. The van der Waals surface area contributed by atoms with Gasteiger partial charge < -0.3 is 19.3 Å².